The fourth-order valence-electron chi connectivity index (χ4n) is 1.18. The van der Waals surface area contributed by atoms with Crippen LogP contribution in [0.5, 0.6) is 0 Å². The van der Waals surface area contributed by atoms with Gasteiger partial charge in [-0.3, -0.25) is 0 Å². The van der Waals surface area contributed by atoms with Crippen LogP contribution in [0, 0.1) is 5.92 Å². The molecular formula is C13H20OS. The Morgan fingerprint density at radius 1 is 1.27 bits per heavy atom. The fraction of sp³-hybridized carbons (Fsp3) is 0.538. The molecule has 0 amide bonds. The van der Waals surface area contributed by atoms with Crippen molar-refractivity contribution in [3.05, 3.63) is 30.3 Å². The van der Waals surface area contributed by atoms with E-state index in [2.05, 4.69) is 26.0 Å². The summed E-state index contributed by atoms with van der Waals surface area (Å²) >= 11 is 1.80. The molecule has 0 bridgehead atoms. The van der Waals surface area contributed by atoms with Gasteiger partial charge in [-0.05, 0) is 31.4 Å². The highest BCUT2D eigenvalue weighted by atomic mass is 32.2. The Labute approximate surface area is 96.9 Å². The third-order valence-corrected chi connectivity index (χ3v) is 3.88. The van der Waals surface area contributed by atoms with Gasteiger partial charge in [0.15, 0.2) is 0 Å². The van der Waals surface area contributed by atoms with Gasteiger partial charge in [0.05, 0.1) is 5.60 Å². The first-order valence-electron chi connectivity index (χ1n) is 5.42. The predicted octanol–water partition coefficient (Wildman–Crippen LogP) is 3.58. The van der Waals surface area contributed by atoms with Crippen molar-refractivity contribution in [3.63, 3.8) is 0 Å². The molecule has 0 aliphatic rings. The normalized spacial score (nSPS) is 15.3. The van der Waals surface area contributed by atoms with Crippen LogP contribution in [0.3, 0.4) is 0 Å². The number of rotatable bonds is 5. The summed E-state index contributed by atoms with van der Waals surface area (Å²) in [7, 11) is 0. The lowest BCUT2D eigenvalue weighted by Crippen LogP contribution is -2.31. The highest BCUT2D eigenvalue weighted by Crippen LogP contribution is 2.25. The molecule has 1 unspecified atom stereocenters. The zero-order chi connectivity index (χ0) is 11.3. The van der Waals surface area contributed by atoms with Crippen LogP contribution in [0.25, 0.3) is 0 Å². The molecule has 0 saturated carbocycles. The number of benzene rings is 1. The third kappa shape index (κ3) is 4.27. The molecule has 1 rings (SSSR count). The average Bonchev–Trinajstić information content (AvgIpc) is 2.19. The van der Waals surface area contributed by atoms with Crippen molar-refractivity contribution < 1.29 is 5.11 Å². The van der Waals surface area contributed by atoms with E-state index >= 15 is 0 Å². The minimum absolute atomic E-state index is 0.314. The number of hydrogen-bond acceptors (Lipinski definition) is 2. The second-order valence-corrected chi connectivity index (χ2v) is 5.59. The molecule has 1 N–H and O–H groups in total. The molecule has 2 heteroatoms. The van der Waals surface area contributed by atoms with E-state index in [0.29, 0.717) is 5.92 Å². The Bertz CT molecular complexity index is 280. The molecule has 0 saturated heterocycles. The summed E-state index contributed by atoms with van der Waals surface area (Å²) in [5.41, 5.74) is -0.540. The third-order valence-electron chi connectivity index (χ3n) is 2.86. The predicted molar refractivity (Wildman–Crippen MR) is 67.2 cm³/mol. The average molecular weight is 224 g/mol. The Kier molecular flexibility index (Phi) is 4.68. The molecule has 1 nitrogen and oxygen atoms in total. The summed E-state index contributed by atoms with van der Waals surface area (Å²) < 4.78 is 0. The topological polar surface area (TPSA) is 20.2 Å². The van der Waals surface area contributed by atoms with Crippen LogP contribution in [-0.2, 0) is 0 Å². The first-order valence-corrected chi connectivity index (χ1v) is 6.41. The molecule has 0 heterocycles. The molecule has 0 radical (unpaired) electrons. The van der Waals surface area contributed by atoms with E-state index in [0.717, 1.165) is 12.2 Å². The molecule has 0 fully saturated rings. The summed E-state index contributed by atoms with van der Waals surface area (Å²) in [6.07, 6.45) is 0.838. The Morgan fingerprint density at radius 3 is 2.40 bits per heavy atom. The van der Waals surface area contributed by atoms with Crippen LogP contribution in [0.15, 0.2) is 35.2 Å². The minimum atomic E-state index is -0.540. The number of aliphatic hydroxyl groups is 1. The lowest BCUT2D eigenvalue weighted by molar-refractivity contribution is 0.0111. The maximum absolute atomic E-state index is 10.1. The van der Waals surface area contributed by atoms with Crippen molar-refractivity contribution in [2.45, 2.75) is 37.7 Å². The van der Waals surface area contributed by atoms with Crippen molar-refractivity contribution >= 4 is 11.8 Å². The lowest BCUT2D eigenvalue weighted by atomic mass is 9.90. The van der Waals surface area contributed by atoms with Gasteiger partial charge in [-0.25, -0.2) is 0 Å². The molecule has 1 aromatic carbocycles. The molecule has 84 valence electrons. The van der Waals surface area contributed by atoms with Crippen molar-refractivity contribution in [2.75, 3.05) is 5.75 Å². The van der Waals surface area contributed by atoms with E-state index in [1.54, 1.807) is 11.8 Å². The van der Waals surface area contributed by atoms with Gasteiger partial charge >= 0.3 is 0 Å². The highest BCUT2D eigenvalue weighted by molar-refractivity contribution is 7.99. The van der Waals surface area contributed by atoms with E-state index in [1.165, 1.54) is 4.90 Å². The largest absolute Gasteiger partial charge is 0.390 e. The van der Waals surface area contributed by atoms with E-state index < -0.39 is 5.60 Å². The smallest absolute Gasteiger partial charge is 0.0650 e. The summed E-state index contributed by atoms with van der Waals surface area (Å²) in [5, 5.41) is 10.1. The second-order valence-electron chi connectivity index (χ2n) is 4.42. The fourth-order valence-corrected chi connectivity index (χ4v) is 2.28. The summed E-state index contributed by atoms with van der Waals surface area (Å²) in [6.45, 7) is 6.05. The lowest BCUT2D eigenvalue weighted by Gasteiger charge is -2.27. The second kappa shape index (κ2) is 5.57. The molecule has 0 aromatic heterocycles. The molecular weight excluding hydrogens is 204 g/mol. The molecule has 15 heavy (non-hydrogen) atoms. The number of hydrogen-bond donors (Lipinski definition) is 1. The molecule has 0 spiro atoms. The van der Waals surface area contributed by atoms with Gasteiger partial charge in [-0.15, -0.1) is 11.8 Å². The van der Waals surface area contributed by atoms with Crippen molar-refractivity contribution in [2.24, 2.45) is 5.92 Å². The zero-order valence-electron chi connectivity index (χ0n) is 9.73. The summed E-state index contributed by atoms with van der Waals surface area (Å²) in [5.74, 6) is 1.28. The Balaban J connectivity index is 2.34. The van der Waals surface area contributed by atoms with Gasteiger partial charge in [0.2, 0.25) is 0 Å². The van der Waals surface area contributed by atoms with Gasteiger partial charge in [0.25, 0.3) is 0 Å². The van der Waals surface area contributed by atoms with Crippen molar-refractivity contribution in [3.8, 4) is 0 Å². The first-order chi connectivity index (χ1) is 7.02. The Hall–Kier alpha value is -0.470. The van der Waals surface area contributed by atoms with Gasteiger partial charge in [-0.2, -0.15) is 0 Å². The molecule has 1 aromatic rings. The minimum Gasteiger partial charge on any atom is -0.390 e. The van der Waals surface area contributed by atoms with Crippen LogP contribution in [0.4, 0.5) is 0 Å². The van der Waals surface area contributed by atoms with Gasteiger partial charge in [0.1, 0.15) is 0 Å². The standard InChI is InChI=1S/C13H20OS/c1-11(2)13(3,14)9-10-15-12-7-5-4-6-8-12/h4-8,11,14H,9-10H2,1-3H3. The van der Waals surface area contributed by atoms with Crippen LogP contribution in [-0.4, -0.2) is 16.5 Å². The summed E-state index contributed by atoms with van der Waals surface area (Å²) in [6, 6.07) is 10.3. The molecule has 0 aliphatic heterocycles. The monoisotopic (exact) mass is 224 g/mol. The highest BCUT2D eigenvalue weighted by Gasteiger charge is 2.23. The van der Waals surface area contributed by atoms with E-state index in [1.807, 2.05) is 25.1 Å². The van der Waals surface area contributed by atoms with Crippen LogP contribution in [0.2, 0.25) is 0 Å². The maximum Gasteiger partial charge on any atom is 0.0650 e. The van der Waals surface area contributed by atoms with E-state index in [-0.39, 0.29) is 0 Å². The Morgan fingerprint density at radius 2 is 1.87 bits per heavy atom. The van der Waals surface area contributed by atoms with Crippen LogP contribution < -0.4 is 0 Å². The van der Waals surface area contributed by atoms with Gasteiger partial charge < -0.3 is 5.11 Å². The SMILES string of the molecule is CC(C)C(C)(O)CCSc1ccccc1. The van der Waals surface area contributed by atoms with E-state index in [9.17, 15) is 5.11 Å². The van der Waals surface area contributed by atoms with Crippen LogP contribution >= 0.6 is 11.8 Å². The first kappa shape index (κ1) is 12.6. The maximum atomic E-state index is 10.1. The van der Waals surface area contributed by atoms with Gasteiger partial charge in [-0.1, -0.05) is 32.0 Å². The molecule has 0 aliphatic carbocycles. The quantitative estimate of drug-likeness (QED) is 0.771. The number of thioether (sulfide) groups is 1. The van der Waals surface area contributed by atoms with Gasteiger partial charge in [0, 0.05) is 10.6 Å². The zero-order valence-corrected chi connectivity index (χ0v) is 10.6. The van der Waals surface area contributed by atoms with E-state index in [4.69, 9.17) is 0 Å². The van der Waals surface area contributed by atoms with Crippen LogP contribution in [0.1, 0.15) is 27.2 Å². The molecule has 1 atom stereocenters. The summed E-state index contributed by atoms with van der Waals surface area (Å²) in [4.78, 5) is 1.28. The van der Waals surface area contributed by atoms with Crippen molar-refractivity contribution in [1.82, 2.24) is 0 Å². The van der Waals surface area contributed by atoms with Crippen molar-refractivity contribution in [1.29, 1.82) is 0 Å².